The van der Waals surface area contributed by atoms with Crippen molar-refractivity contribution in [2.45, 2.75) is 85.2 Å². The molecule has 0 aromatic heterocycles. The van der Waals surface area contributed by atoms with Gasteiger partial charge in [0, 0.05) is 25.9 Å². The molecule has 2 aliphatic heterocycles. The summed E-state index contributed by atoms with van der Waals surface area (Å²) in [7, 11) is 0. The van der Waals surface area contributed by atoms with Crippen molar-refractivity contribution < 1.29 is 19.2 Å². The highest BCUT2D eigenvalue weighted by molar-refractivity contribution is 6.00. The van der Waals surface area contributed by atoms with Crippen LogP contribution in [0, 0.1) is 19.8 Å². The fraction of sp³-hybridized carbons (Fsp3) is 0.567. The number of aryl methyl sites for hydroxylation is 2. The number of carbonyl (C=O) groups is 2. The molecule has 2 unspecified atom stereocenters. The van der Waals surface area contributed by atoms with Gasteiger partial charge in [-0.3, -0.25) is 4.79 Å². The molecular formula is C30H42N2O4. The summed E-state index contributed by atoms with van der Waals surface area (Å²) in [4.78, 5) is 33.3. The van der Waals surface area contributed by atoms with Crippen LogP contribution in [-0.4, -0.2) is 48.3 Å². The molecule has 2 heterocycles. The Hall–Kier alpha value is -2.89. The normalized spacial score (nSPS) is 24.4. The number of esters is 1. The number of amides is 1. The van der Waals surface area contributed by atoms with Crippen molar-refractivity contribution in [1.82, 2.24) is 4.90 Å². The molecule has 2 atom stereocenters. The maximum Gasteiger partial charge on any atom is 0.338 e. The van der Waals surface area contributed by atoms with Gasteiger partial charge in [-0.05, 0) is 69.1 Å². The summed E-state index contributed by atoms with van der Waals surface area (Å²) in [6, 6.07) is 4.04. The lowest BCUT2D eigenvalue weighted by molar-refractivity contribution is -0.137. The Morgan fingerprint density at radius 3 is 2.67 bits per heavy atom. The molecule has 1 saturated heterocycles. The highest BCUT2D eigenvalue weighted by atomic mass is 16.6. The number of ether oxygens (including phenoxy) is 1. The van der Waals surface area contributed by atoms with Gasteiger partial charge in [-0.2, -0.15) is 0 Å². The van der Waals surface area contributed by atoms with Crippen LogP contribution in [0.15, 0.2) is 41.6 Å². The van der Waals surface area contributed by atoms with Gasteiger partial charge >= 0.3 is 5.97 Å². The standard InChI is InChI=1S/C30H42N2O4/c1-5-11-27-15-10-13-22(2)12-9-14-26(31-35-21-28(33)32-16-7-6-8-17-32)20-25-19-23(3)18-24(4)29(25)30(34)36-27/h9-10,13-14,18-19,22,27H,5-8,11-12,15-17,20-21H2,1-4H3/b13-10+,14-9+,31-26-. The van der Waals surface area contributed by atoms with E-state index in [0.29, 0.717) is 23.6 Å². The lowest BCUT2D eigenvalue weighted by atomic mass is 9.94. The number of cyclic esters (lactones) is 1. The number of hydrogen-bond acceptors (Lipinski definition) is 5. The molecule has 3 rings (SSSR count). The number of benzene rings is 1. The van der Waals surface area contributed by atoms with Crippen LogP contribution in [0.3, 0.4) is 0 Å². The van der Waals surface area contributed by atoms with E-state index >= 15 is 0 Å². The number of likely N-dealkylation sites (tertiary alicyclic amines) is 1. The third kappa shape index (κ3) is 8.35. The first-order valence-electron chi connectivity index (χ1n) is 13.5. The zero-order chi connectivity index (χ0) is 25.9. The predicted octanol–water partition coefficient (Wildman–Crippen LogP) is 6.10. The summed E-state index contributed by atoms with van der Waals surface area (Å²) >= 11 is 0. The Bertz CT molecular complexity index is 989. The van der Waals surface area contributed by atoms with Gasteiger partial charge in [0.15, 0.2) is 6.61 Å². The second-order valence-corrected chi connectivity index (χ2v) is 10.2. The van der Waals surface area contributed by atoms with Crippen molar-refractivity contribution in [3.63, 3.8) is 0 Å². The monoisotopic (exact) mass is 494 g/mol. The number of allylic oxidation sites excluding steroid dienone is 3. The van der Waals surface area contributed by atoms with Crippen molar-refractivity contribution >= 4 is 17.6 Å². The Morgan fingerprint density at radius 2 is 1.92 bits per heavy atom. The van der Waals surface area contributed by atoms with Crippen LogP contribution < -0.4 is 0 Å². The Morgan fingerprint density at radius 1 is 1.14 bits per heavy atom. The van der Waals surface area contributed by atoms with E-state index in [1.807, 2.05) is 37.0 Å². The summed E-state index contributed by atoms with van der Waals surface area (Å²) in [5.74, 6) is 0.0334. The number of nitrogens with zero attached hydrogens (tertiary/aromatic N) is 2. The molecule has 6 nitrogen and oxygen atoms in total. The van der Waals surface area contributed by atoms with Crippen molar-refractivity contribution in [2.75, 3.05) is 19.7 Å². The number of hydrogen-bond donors (Lipinski definition) is 0. The van der Waals surface area contributed by atoms with Crippen molar-refractivity contribution in [1.29, 1.82) is 0 Å². The first-order chi connectivity index (χ1) is 17.4. The largest absolute Gasteiger partial charge is 0.458 e. The van der Waals surface area contributed by atoms with Gasteiger partial charge in [0.05, 0.1) is 11.3 Å². The Balaban J connectivity index is 1.87. The van der Waals surface area contributed by atoms with Crippen molar-refractivity contribution in [3.8, 4) is 0 Å². The SMILES string of the molecule is CCCC1C/C=C/C(C)C/C=C/C(=N/OCC(=O)N2CCCCC2)Cc2cc(C)cc(C)c2C(=O)O1. The lowest BCUT2D eigenvalue weighted by Crippen LogP contribution is -2.37. The fourth-order valence-corrected chi connectivity index (χ4v) is 4.93. The van der Waals surface area contributed by atoms with E-state index in [-0.39, 0.29) is 24.6 Å². The summed E-state index contributed by atoms with van der Waals surface area (Å²) in [6.45, 7) is 9.76. The van der Waals surface area contributed by atoms with E-state index in [1.165, 1.54) is 6.42 Å². The molecule has 0 bridgehead atoms. The second kappa shape index (κ2) is 14.0. The molecule has 1 aromatic rings. The van der Waals surface area contributed by atoms with Crippen LogP contribution in [0.25, 0.3) is 0 Å². The van der Waals surface area contributed by atoms with Gasteiger partial charge in [-0.15, -0.1) is 0 Å². The Labute approximate surface area is 216 Å². The summed E-state index contributed by atoms with van der Waals surface area (Å²) in [6.07, 6.45) is 15.3. The average Bonchev–Trinajstić information content (AvgIpc) is 2.83. The van der Waals surface area contributed by atoms with Gasteiger partial charge in [0.25, 0.3) is 5.91 Å². The molecular weight excluding hydrogens is 452 g/mol. The van der Waals surface area contributed by atoms with Crippen molar-refractivity contribution in [2.24, 2.45) is 11.1 Å². The zero-order valence-corrected chi connectivity index (χ0v) is 22.4. The lowest BCUT2D eigenvalue weighted by Gasteiger charge is -2.26. The van der Waals surface area contributed by atoms with Crippen LogP contribution >= 0.6 is 0 Å². The third-order valence-corrected chi connectivity index (χ3v) is 6.78. The predicted molar refractivity (Wildman–Crippen MR) is 144 cm³/mol. The number of oxime groups is 1. The molecule has 1 aromatic carbocycles. The molecule has 1 fully saturated rings. The van der Waals surface area contributed by atoms with Gasteiger partial charge in [-0.25, -0.2) is 4.79 Å². The van der Waals surface area contributed by atoms with Crippen LogP contribution in [0.4, 0.5) is 0 Å². The van der Waals surface area contributed by atoms with Crippen LogP contribution in [0.5, 0.6) is 0 Å². The summed E-state index contributed by atoms with van der Waals surface area (Å²) in [5.41, 5.74) is 4.11. The van der Waals surface area contributed by atoms with E-state index in [2.05, 4.69) is 37.2 Å². The molecule has 6 heteroatoms. The molecule has 36 heavy (non-hydrogen) atoms. The Kier molecular flexibility index (Phi) is 10.8. The maximum absolute atomic E-state index is 13.4. The first-order valence-corrected chi connectivity index (χ1v) is 13.5. The summed E-state index contributed by atoms with van der Waals surface area (Å²) < 4.78 is 6.00. The van der Waals surface area contributed by atoms with E-state index < -0.39 is 0 Å². The van der Waals surface area contributed by atoms with E-state index in [4.69, 9.17) is 9.57 Å². The molecule has 2 aliphatic rings. The highest BCUT2D eigenvalue weighted by Gasteiger charge is 2.22. The topological polar surface area (TPSA) is 68.2 Å². The molecule has 1 amide bonds. The average molecular weight is 495 g/mol. The molecule has 0 spiro atoms. The smallest absolute Gasteiger partial charge is 0.338 e. The minimum atomic E-state index is -0.288. The van der Waals surface area contributed by atoms with Gasteiger partial charge in [-0.1, -0.05) is 61.3 Å². The number of carbonyl (C=O) groups excluding carboxylic acids is 2. The fourth-order valence-electron chi connectivity index (χ4n) is 4.93. The minimum absolute atomic E-state index is 0.0275. The molecule has 0 N–H and O–H groups in total. The van der Waals surface area contributed by atoms with Gasteiger partial charge in [0.1, 0.15) is 6.10 Å². The summed E-state index contributed by atoms with van der Waals surface area (Å²) in [5, 5.41) is 4.35. The van der Waals surface area contributed by atoms with Gasteiger partial charge < -0.3 is 14.5 Å². The van der Waals surface area contributed by atoms with Crippen molar-refractivity contribution in [3.05, 3.63) is 58.7 Å². The second-order valence-electron chi connectivity index (χ2n) is 10.2. The van der Waals surface area contributed by atoms with E-state index in [9.17, 15) is 9.59 Å². The number of fused-ring (bicyclic) bond motifs is 1. The number of piperidine rings is 1. The quantitative estimate of drug-likeness (QED) is 0.282. The third-order valence-electron chi connectivity index (χ3n) is 6.78. The maximum atomic E-state index is 13.4. The molecule has 196 valence electrons. The minimum Gasteiger partial charge on any atom is -0.458 e. The highest BCUT2D eigenvalue weighted by Crippen LogP contribution is 2.23. The molecule has 0 radical (unpaired) electrons. The van der Waals surface area contributed by atoms with Crippen LogP contribution in [0.1, 0.15) is 85.8 Å². The van der Waals surface area contributed by atoms with Gasteiger partial charge in [0.2, 0.25) is 0 Å². The van der Waals surface area contributed by atoms with E-state index in [1.54, 1.807) is 0 Å². The first kappa shape index (κ1) is 27.7. The number of rotatable bonds is 5. The van der Waals surface area contributed by atoms with Crippen LogP contribution in [-0.2, 0) is 20.8 Å². The molecule has 0 saturated carbocycles. The molecule has 0 aliphatic carbocycles. The van der Waals surface area contributed by atoms with E-state index in [0.717, 1.165) is 68.3 Å². The van der Waals surface area contributed by atoms with Crippen LogP contribution in [0.2, 0.25) is 0 Å². The zero-order valence-electron chi connectivity index (χ0n) is 22.4.